The highest BCUT2D eigenvalue weighted by Crippen LogP contribution is 2.42. The van der Waals surface area contributed by atoms with Gasteiger partial charge in [-0.3, -0.25) is 9.59 Å². The largest absolute Gasteiger partial charge is 0.362 e. The molecule has 0 aliphatic carbocycles. The van der Waals surface area contributed by atoms with Crippen LogP contribution in [-0.2, 0) is 9.59 Å². The molecule has 1 aliphatic heterocycles. The highest BCUT2D eigenvalue weighted by atomic mass is 32.1. The van der Waals surface area contributed by atoms with Gasteiger partial charge in [0.1, 0.15) is 4.83 Å². The number of hydrogen-bond donors (Lipinski definition) is 1. The standard InChI is InChI=1S/C18H18N2O2S/c1-9-15(11(3)21)17(16(12(4)22)10(2)20-9)14-8-23-18-13(14)6-5-7-19-18/h5-8,17,20H,1-4H3. The van der Waals surface area contributed by atoms with Crippen molar-refractivity contribution < 1.29 is 9.59 Å². The SMILES string of the molecule is CC(=O)C1=C(C)NC(C)=C(C(C)=O)C1c1csc2ncccc12. The normalized spacial score (nSPS) is 16.0. The van der Waals surface area contributed by atoms with Crippen molar-refractivity contribution in [3.8, 4) is 0 Å². The highest BCUT2D eigenvalue weighted by Gasteiger charge is 2.34. The van der Waals surface area contributed by atoms with Crippen molar-refractivity contribution in [3.05, 3.63) is 51.8 Å². The fraction of sp³-hybridized carbons (Fsp3) is 0.278. The summed E-state index contributed by atoms with van der Waals surface area (Å²) in [5, 5.41) is 6.20. The van der Waals surface area contributed by atoms with Crippen LogP contribution in [0, 0.1) is 0 Å². The molecular formula is C18H18N2O2S. The number of fused-ring (bicyclic) bond motifs is 1. The summed E-state index contributed by atoms with van der Waals surface area (Å²) < 4.78 is 0. The summed E-state index contributed by atoms with van der Waals surface area (Å²) in [4.78, 5) is 29.9. The van der Waals surface area contributed by atoms with Crippen LogP contribution in [0.25, 0.3) is 10.2 Å². The Labute approximate surface area is 138 Å². The minimum Gasteiger partial charge on any atom is -0.362 e. The van der Waals surface area contributed by atoms with Gasteiger partial charge in [-0.25, -0.2) is 4.98 Å². The van der Waals surface area contributed by atoms with E-state index in [4.69, 9.17) is 0 Å². The summed E-state index contributed by atoms with van der Waals surface area (Å²) in [7, 11) is 0. The van der Waals surface area contributed by atoms with Gasteiger partial charge in [-0.15, -0.1) is 11.3 Å². The van der Waals surface area contributed by atoms with E-state index >= 15 is 0 Å². The van der Waals surface area contributed by atoms with Gasteiger partial charge in [0.25, 0.3) is 0 Å². The number of nitrogens with zero attached hydrogens (tertiary/aromatic N) is 1. The molecule has 0 unspecified atom stereocenters. The van der Waals surface area contributed by atoms with Crippen LogP contribution < -0.4 is 5.32 Å². The quantitative estimate of drug-likeness (QED) is 0.934. The lowest BCUT2D eigenvalue weighted by Gasteiger charge is -2.30. The molecule has 0 aromatic carbocycles. The van der Waals surface area contributed by atoms with Crippen molar-refractivity contribution in [3.63, 3.8) is 0 Å². The third-order valence-electron chi connectivity index (χ3n) is 4.21. The highest BCUT2D eigenvalue weighted by molar-refractivity contribution is 7.16. The van der Waals surface area contributed by atoms with Crippen LogP contribution in [0.1, 0.15) is 39.2 Å². The molecule has 118 valence electrons. The zero-order valence-electron chi connectivity index (χ0n) is 13.6. The maximum atomic E-state index is 12.3. The van der Waals surface area contributed by atoms with Gasteiger partial charge in [0.2, 0.25) is 0 Å². The summed E-state index contributed by atoms with van der Waals surface area (Å²) in [6.07, 6.45) is 1.75. The molecule has 3 heterocycles. The second kappa shape index (κ2) is 5.74. The minimum atomic E-state index is -0.329. The molecule has 5 heteroatoms. The number of dihydropyridines is 1. The number of aromatic nitrogens is 1. The van der Waals surface area contributed by atoms with Gasteiger partial charge in [-0.1, -0.05) is 6.07 Å². The molecule has 1 N–H and O–H groups in total. The van der Waals surface area contributed by atoms with Gasteiger partial charge in [-0.2, -0.15) is 0 Å². The van der Waals surface area contributed by atoms with Gasteiger partial charge >= 0.3 is 0 Å². The van der Waals surface area contributed by atoms with Gasteiger partial charge in [-0.05, 0) is 44.7 Å². The number of thiophene rings is 1. The lowest BCUT2D eigenvalue weighted by atomic mass is 9.78. The average molecular weight is 326 g/mol. The molecule has 0 atom stereocenters. The second-order valence-corrected chi connectivity index (χ2v) is 6.65. The predicted molar refractivity (Wildman–Crippen MR) is 92.3 cm³/mol. The monoisotopic (exact) mass is 326 g/mol. The first-order valence-corrected chi connectivity index (χ1v) is 8.32. The Morgan fingerprint density at radius 2 is 1.74 bits per heavy atom. The van der Waals surface area contributed by atoms with Crippen LogP contribution >= 0.6 is 11.3 Å². The Hall–Kier alpha value is -2.27. The molecular weight excluding hydrogens is 308 g/mol. The third-order valence-corrected chi connectivity index (χ3v) is 5.13. The van der Waals surface area contributed by atoms with E-state index in [0.717, 1.165) is 27.2 Å². The Bertz CT molecular complexity index is 853. The van der Waals surface area contributed by atoms with E-state index in [-0.39, 0.29) is 17.5 Å². The first-order chi connectivity index (χ1) is 10.9. The van der Waals surface area contributed by atoms with Crippen LogP contribution in [0.2, 0.25) is 0 Å². The molecule has 0 fully saturated rings. The number of Topliss-reactive ketones (excluding diaryl/α,β-unsaturated/α-hetero) is 2. The Morgan fingerprint density at radius 3 is 2.30 bits per heavy atom. The zero-order valence-corrected chi connectivity index (χ0v) is 14.4. The molecule has 0 saturated carbocycles. The molecule has 0 bridgehead atoms. The Kier molecular flexibility index (Phi) is 3.90. The predicted octanol–water partition coefficient (Wildman–Crippen LogP) is 3.71. The molecule has 2 aromatic heterocycles. The van der Waals surface area contributed by atoms with Crippen molar-refractivity contribution in [2.75, 3.05) is 0 Å². The topological polar surface area (TPSA) is 59.1 Å². The third kappa shape index (κ3) is 2.51. The first kappa shape index (κ1) is 15.6. The van der Waals surface area contributed by atoms with Crippen LogP contribution in [0.4, 0.5) is 0 Å². The lowest BCUT2D eigenvalue weighted by molar-refractivity contribution is -0.114. The maximum absolute atomic E-state index is 12.3. The van der Waals surface area contributed by atoms with E-state index in [9.17, 15) is 9.59 Å². The van der Waals surface area contributed by atoms with Crippen molar-refractivity contribution in [1.29, 1.82) is 0 Å². The van der Waals surface area contributed by atoms with Crippen LogP contribution in [0.5, 0.6) is 0 Å². The summed E-state index contributed by atoms with van der Waals surface area (Å²) in [6.45, 7) is 6.88. The van der Waals surface area contributed by atoms with Gasteiger partial charge in [0.05, 0.1) is 0 Å². The first-order valence-electron chi connectivity index (χ1n) is 7.44. The summed E-state index contributed by atoms with van der Waals surface area (Å²) in [5.74, 6) is -0.367. The van der Waals surface area contributed by atoms with Crippen molar-refractivity contribution >= 4 is 33.1 Å². The average Bonchev–Trinajstić information content (AvgIpc) is 2.89. The van der Waals surface area contributed by atoms with Crippen LogP contribution in [0.15, 0.2) is 46.2 Å². The van der Waals surface area contributed by atoms with E-state index in [1.807, 2.05) is 31.4 Å². The maximum Gasteiger partial charge on any atom is 0.158 e. The van der Waals surface area contributed by atoms with Gasteiger partial charge in [0.15, 0.2) is 11.6 Å². The molecule has 1 aliphatic rings. The molecule has 0 spiro atoms. The zero-order chi connectivity index (χ0) is 16.7. The number of hydrogen-bond acceptors (Lipinski definition) is 5. The number of rotatable bonds is 3. The van der Waals surface area contributed by atoms with E-state index in [0.29, 0.717) is 11.1 Å². The smallest absolute Gasteiger partial charge is 0.158 e. The fourth-order valence-electron chi connectivity index (χ4n) is 3.35. The lowest BCUT2D eigenvalue weighted by Crippen LogP contribution is -2.29. The number of carbonyl (C=O) groups is 2. The number of ketones is 2. The molecule has 23 heavy (non-hydrogen) atoms. The Morgan fingerprint density at radius 1 is 1.13 bits per heavy atom. The molecule has 4 nitrogen and oxygen atoms in total. The molecule has 0 radical (unpaired) electrons. The molecule has 0 saturated heterocycles. The minimum absolute atomic E-state index is 0.0190. The second-order valence-electron chi connectivity index (χ2n) is 5.79. The van der Waals surface area contributed by atoms with E-state index in [1.165, 1.54) is 11.3 Å². The molecule has 0 amide bonds. The van der Waals surface area contributed by atoms with Gasteiger partial charge < -0.3 is 5.32 Å². The van der Waals surface area contributed by atoms with E-state index < -0.39 is 0 Å². The number of pyridine rings is 1. The van der Waals surface area contributed by atoms with Crippen molar-refractivity contribution in [2.24, 2.45) is 0 Å². The summed E-state index contributed by atoms with van der Waals surface area (Å²) in [5.41, 5.74) is 3.92. The number of nitrogens with one attached hydrogen (secondary N) is 1. The van der Waals surface area contributed by atoms with Crippen molar-refractivity contribution in [2.45, 2.75) is 33.6 Å². The van der Waals surface area contributed by atoms with Crippen LogP contribution in [-0.4, -0.2) is 16.6 Å². The summed E-state index contributed by atoms with van der Waals surface area (Å²) in [6, 6.07) is 3.88. The number of allylic oxidation sites excluding steroid dienone is 4. The van der Waals surface area contributed by atoms with Crippen LogP contribution in [0.3, 0.4) is 0 Å². The van der Waals surface area contributed by atoms with Crippen molar-refractivity contribution in [1.82, 2.24) is 10.3 Å². The molecule has 3 rings (SSSR count). The van der Waals surface area contributed by atoms with Gasteiger partial charge in [0, 0.05) is 40.0 Å². The van der Waals surface area contributed by atoms with E-state index in [2.05, 4.69) is 10.3 Å². The Balaban J connectivity index is 2.31. The molecule has 2 aromatic rings. The number of carbonyl (C=O) groups excluding carboxylic acids is 2. The summed E-state index contributed by atoms with van der Waals surface area (Å²) >= 11 is 1.54. The fourth-order valence-corrected chi connectivity index (χ4v) is 4.29. The van der Waals surface area contributed by atoms with E-state index in [1.54, 1.807) is 20.0 Å².